The molecule has 1 aromatic carbocycles. The fraction of sp³-hybridized carbons (Fsp3) is 0.333. The Labute approximate surface area is 109 Å². The predicted octanol–water partition coefficient (Wildman–Crippen LogP) is 1.65. The molecule has 1 saturated carbocycles. The number of rotatable bonds is 4. The van der Waals surface area contributed by atoms with Crippen molar-refractivity contribution in [2.75, 3.05) is 0 Å². The number of hydrogen-bond acceptors (Lipinski definition) is 5. The van der Waals surface area contributed by atoms with Gasteiger partial charge in [0.15, 0.2) is 5.82 Å². The van der Waals surface area contributed by atoms with Crippen LogP contribution in [0.1, 0.15) is 24.7 Å². The van der Waals surface area contributed by atoms with E-state index in [0.717, 1.165) is 30.1 Å². The first kappa shape index (κ1) is 11.8. The minimum atomic E-state index is -0.416. The van der Waals surface area contributed by atoms with Crippen LogP contribution in [-0.4, -0.2) is 19.7 Å². The number of nitrogens with zero attached hydrogens (tertiary/aromatic N) is 4. The van der Waals surface area contributed by atoms with Gasteiger partial charge in [-0.3, -0.25) is 10.1 Å². The highest BCUT2D eigenvalue weighted by molar-refractivity contribution is 5.58. The van der Waals surface area contributed by atoms with Crippen molar-refractivity contribution in [3.05, 3.63) is 40.2 Å². The third-order valence-electron chi connectivity index (χ3n) is 3.20. The van der Waals surface area contributed by atoms with E-state index in [9.17, 15) is 10.1 Å². The van der Waals surface area contributed by atoms with Crippen molar-refractivity contribution >= 4 is 5.69 Å². The number of aromatic nitrogens is 3. The standard InChI is InChI=1S/C12H13N5O2/c13-7-11-14-15-12(16(11)9-5-6-9)8-1-3-10(4-2-8)17(18)19/h1-4,9H,5-7,13H2. The predicted molar refractivity (Wildman–Crippen MR) is 68.3 cm³/mol. The SMILES string of the molecule is NCc1nnc(-c2ccc([N+](=O)[O-])cc2)n1C1CC1. The molecule has 2 aromatic rings. The number of nitro benzene ring substituents is 1. The maximum Gasteiger partial charge on any atom is 0.269 e. The molecule has 19 heavy (non-hydrogen) atoms. The molecule has 0 bridgehead atoms. The van der Waals surface area contributed by atoms with Crippen LogP contribution in [-0.2, 0) is 6.54 Å². The number of nitro groups is 1. The van der Waals surface area contributed by atoms with Gasteiger partial charge in [0.2, 0.25) is 0 Å². The quantitative estimate of drug-likeness (QED) is 0.664. The highest BCUT2D eigenvalue weighted by Gasteiger charge is 2.29. The maximum absolute atomic E-state index is 10.6. The normalized spacial score (nSPS) is 14.6. The van der Waals surface area contributed by atoms with Crippen molar-refractivity contribution in [1.82, 2.24) is 14.8 Å². The molecule has 1 heterocycles. The van der Waals surface area contributed by atoms with Crippen LogP contribution < -0.4 is 5.73 Å². The zero-order chi connectivity index (χ0) is 13.4. The molecule has 0 amide bonds. The zero-order valence-electron chi connectivity index (χ0n) is 10.2. The Balaban J connectivity index is 2.01. The van der Waals surface area contributed by atoms with E-state index in [1.54, 1.807) is 12.1 Å². The van der Waals surface area contributed by atoms with Crippen LogP contribution >= 0.6 is 0 Å². The molecule has 0 radical (unpaired) electrons. The molecule has 0 saturated heterocycles. The van der Waals surface area contributed by atoms with Crippen molar-refractivity contribution in [2.45, 2.75) is 25.4 Å². The van der Waals surface area contributed by atoms with E-state index in [2.05, 4.69) is 10.2 Å². The summed E-state index contributed by atoms with van der Waals surface area (Å²) in [5.74, 6) is 1.49. The molecule has 1 aromatic heterocycles. The molecule has 1 aliphatic rings. The highest BCUT2D eigenvalue weighted by Crippen LogP contribution is 2.39. The Morgan fingerprint density at radius 3 is 2.53 bits per heavy atom. The first-order chi connectivity index (χ1) is 9.20. The van der Waals surface area contributed by atoms with E-state index in [-0.39, 0.29) is 5.69 Å². The van der Waals surface area contributed by atoms with Crippen LogP contribution in [0.5, 0.6) is 0 Å². The minimum Gasteiger partial charge on any atom is -0.324 e. The van der Waals surface area contributed by atoms with Crippen molar-refractivity contribution in [2.24, 2.45) is 5.73 Å². The number of hydrogen-bond donors (Lipinski definition) is 1. The first-order valence-corrected chi connectivity index (χ1v) is 6.09. The monoisotopic (exact) mass is 259 g/mol. The Morgan fingerprint density at radius 1 is 1.32 bits per heavy atom. The molecule has 0 spiro atoms. The van der Waals surface area contributed by atoms with Gasteiger partial charge in [0.25, 0.3) is 5.69 Å². The van der Waals surface area contributed by atoms with Gasteiger partial charge in [0, 0.05) is 23.7 Å². The molecule has 1 fully saturated rings. The first-order valence-electron chi connectivity index (χ1n) is 6.09. The Kier molecular flexibility index (Phi) is 2.75. The van der Waals surface area contributed by atoms with Crippen LogP contribution in [0.15, 0.2) is 24.3 Å². The number of benzene rings is 1. The van der Waals surface area contributed by atoms with E-state index < -0.39 is 4.92 Å². The summed E-state index contributed by atoms with van der Waals surface area (Å²) in [7, 11) is 0. The third-order valence-corrected chi connectivity index (χ3v) is 3.20. The molecule has 2 N–H and O–H groups in total. The van der Waals surface area contributed by atoms with Crippen LogP contribution in [0.25, 0.3) is 11.4 Å². The summed E-state index contributed by atoms with van der Waals surface area (Å²) in [6.45, 7) is 0.344. The Morgan fingerprint density at radius 2 is 2.00 bits per heavy atom. The largest absolute Gasteiger partial charge is 0.324 e. The fourth-order valence-electron chi connectivity index (χ4n) is 2.11. The van der Waals surface area contributed by atoms with Crippen molar-refractivity contribution in [1.29, 1.82) is 0 Å². The van der Waals surface area contributed by atoms with E-state index >= 15 is 0 Å². The zero-order valence-corrected chi connectivity index (χ0v) is 10.2. The van der Waals surface area contributed by atoms with Crippen LogP contribution in [0.3, 0.4) is 0 Å². The third kappa shape index (κ3) is 2.08. The lowest BCUT2D eigenvalue weighted by Crippen LogP contribution is -2.08. The molecule has 0 aliphatic heterocycles. The van der Waals surface area contributed by atoms with Gasteiger partial charge in [-0.05, 0) is 25.0 Å². The molecule has 98 valence electrons. The average molecular weight is 259 g/mol. The van der Waals surface area contributed by atoms with E-state index in [1.165, 1.54) is 12.1 Å². The summed E-state index contributed by atoms with van der Waals surface area (Å²) in [5.41, 5.74) is 6.55. The van der Waals surface area contributed by atoms with Crippen LogP contribution in [0, 0.1) is 10.1 Å². The van der Waals surface area contributed by atoms with E-state index in [0.29, 0.717) is 12.6 Å². The van der Waals surface area contributed by atoms with E-state index in [4.69, 9.17) is 5.73 Å². The second-order valence-electron chi connectivity index (χ2n) is 4.55. The molecule has 7 nitrogen and oxygen atoms in total. The summed E-state index contributed by atoms with van der Waals surface area (Å²) >= 11 is 0. The number of nitrogens with two attached hydrogens (primary N) is 1. The van der Waals surface area contributed by atoms with Gasteiger partial charge in [-0.25, -0.2) is 0 Å². The Bertz CT molecular complexity index is 616. The average Bonchev–Trinajstić information content (AvgIpc) is 3.17. The van der Waals surface area contributed by atoms with Gasteiger partial charge >= 0.3 is 0 Å². The molecule has 1 aliphatic carbocycles. The van der Waals surface area contributed by atoms with E-state index in [1.807, 2.05) is 4.57 Å². The molecule has 0 atom stereocenters. The molecule has 0 unspecified atom stereocenters. The fourth-order valence-corrected chi connectivity index (χ4v) is 2.11. The molecular weight excluding hydrogens is 246 g/mol. The summed E-state index contributed by atoms with van der Waals surface area (Å²) in [6.07, 6.45) is 2.20. The molecule has 7 heteroatoms. The van der Waals surface area contributed by atoms with Gasteiger partial charge in [0.1, 0.15) is 5.82 Å². The lowest BCUT2D eigenvalue weighted by Gasteiger charge is -2.07. The topological polar surface area (TPSA) is 99.9 Å². The van der Waals surface area contributed by atoms with Gasteiger partial charge in [-0.1, -0.05) is 0 Å². The van der Waals surface area contributed by atoms with Gasteiger partial charge in [-0.15, -0.1) is 10.2 Å². The lowest BCUT2D eigenvalue weighted by atomic mass is 10.2. The minimum absolute atomic E-state index is 0.0697. The second kappa shape index (κ2) is 4.43. The summed E-state index contributed by atoms with van der Waals surface area (Å²) in [5, 5.41) is 18.9. The molecular formula is C12H13N5O2. The Hall–Kier alpha value is -2.28. The van der Waals surface area contributed by atoms with Crippen molar-refractivity contribution in [3.63, 3.8) is 0 Å². The smallest absolute Gasteiger partial charge is 0.269 e. The summed E-state index contributed by atoms with van der Waals surface area (Å²) < 4.78 is 2.04. The summed E-state index contributed by atoms with van der Waals surface area (Å²) in [6, 6.07) is 6.76. The van der Waals surface area contributed by atoms with Crippen molar-refractivity contribution in [3.8, 4) is 11.4 Å². The lowest BCUT2D eigenvalue weighted by molar-refractivity contribution is -0.384. The van der Waals surface area contributed by atoms with Gasteiger partial charge in [-0.2, -0.15) is 0 Å². The second-order valence-corrected chi connectivity index (χ2v) is 4.55. The van der Waals surface area contributed by atoms with Crippen molar-refractivity contribution < 1.29 is 4.92 Å². The summed E-state index contributed by atoms with van der Waals surface area (Å²) in [4.78, 5) is 10.2. The molecule has 3 rings (SSSR count). The van der Waals surface area contributed by atoms with Gasteiger partial charge in [0.05, 0.1) is 11.5 Å². The van der Waals surface area contributed by atoms with Crippen LogP contribution in [0.2, 0.25) is 0 Å². The van der Waals surface area contributed by atoms with Gasteiger partial charge < -0.3 is 10.3 Å². The number of non-ortho nitro benzene ring substituents is 1. The highest BCUT2D eigenvalue weighted by atomic mass is 16.6. The maximum atomic E-state index is 10.6. The van der Waals surface area contributed by atoms with Crippen LogP contribution in [0.4, 0.5) is 5.69 Å².